The average molecular weight is 222 g/mol. The highest BCUT2D eigenvalue weighted by molar-refractivity contribution is 5.91. The molecular formula is C17H18. The minimum Gasteiger partial charge on any atom is -0.120 e. The standard InChI is InChI=1S/C17H18/c1-3-4-5-6-9-14(2)16-13-12-15-10-7-8-11-17(15)16/h1,7-8,10-13H,4-6,9H2,2H3. The van der Waals surface area contributed by atoms with Gasteiger partial charge in [0.1, 0.15) is 0 Å². The van der Waals surface area contributed by atoms with Crippen LogP contribution in [0, 0.1) is 12.3 Å². The van der Waals surface area contributed by atoms with Gasteiger partial charge in [-0.2, -0.15) is 0 Å². The maximum Gasteiger partial charge on any atom is 0.00861 e. The largest absolute Gasteiger partial charge is 0.120 e. The molecule has 0 aromatic heterocycles. The van der Waals surface area contributed by atoms with Crippen molar-refractivity contribution in [3.8, 4) is 12.3 Å². The Labute approximate surface area is 104 Å². The van der Waals surface area contributed by atoms with Gasteiger partial charge in [0.05, 0.1) is 0 Å². The maximum absolute atomic E-state index is 5.26. The van der Waals surface area contributed by atoms with Crippen LogP contribution < -0.4 is 0 Å². The van der Waals surface area contributed by atoms with Crippen molar-refractivity contribution in [3.05, 3.63) is 47.0 Å². The summed E-state index contributed by atoms with van der Waals surface area (Å²) < 4.78 is 0. The first kappa shape index (κ1) is 11.7. The molecule has 2 rings (SSSR count). The van der Waals surface area contributed by atoms with Gasteiger partial charge in [-0.1, -0.05) is 42.0 Å². The third-order valence-corrected chi connectivity index (χ3v) is 3.26. The predicted octanol–water partition coefficient (Wildman–Crippen LogP) is 4.68. The van der Waals surface area contributed by atoms with Crippen molar-refractivity contribution >= 4 is 11.6 Å². The Balaban J connectivity index is 2.08. The van der Waals surface area contributed by atoms with Crippen molar-refractivity contribution in [1.82, 2.24) is 0 Å². The van der Waals surface area contributed by atoms with E-state index < -0.39 is 0 Å². The highest BCUT2D eigenvalue weighted by atomic mass is 14.2. The molecule has 1 aliphatic carbocycles. The van der Waals surface area contributed by atoms with Crippen LogP contribution in [0.1, 0.15) is 43.7 Å². The molecule has 0 N–H and O–H groups in total. The van der Waals surface area contributed by atoms with Crippen LogP contribution >= 0.6 is 0 Å². The molecule has 0 fully saturated rings. The summed E-state index contributed by atoms with van der Waals surface area (Å²) >= 11 is 0. The third-order valence-electron chi connectivity index (χ3n) is 3.26. The molecular weight excluding hydrogens is 204 g/mol. The fraction of sp³-hybridized carbons (Fsp3) is 0.294. The number of allylic oxidation sites excluding steroid dienone is 3. The lowest BCUT2D eigenvalue weighted by molar-refractivity contribution is 0.752. The first-order valence-corrected chi connectivity index (χ1v) is 6.23. The molecule has 0 unspecified atom stereocenters. The summed E-state index contributed by atoms with van der Waals surface area (Å²) in [7, 11) is 0. The Kier molecular flexibility index (Phi) is 3.83. The summed E-state index contributed by atoms with van der Waals surface area (Å²) in [6.07, 6.45) is 14.1. The number of unbranched alkanes of at least 4 members (excludes halogenated alkanes) is 2. The van der Waals surface area contributed by atoms with E-state index in [-0.39, 0.29) is 0 Å². The number of benzene rings is 1. The lowest BCUT2D eigenvalue weighted by Gasteiger charge is -2.07. The first-order valence-electron chi connectivity index (χ1n) is 6.23. The molecule has 1 aromatic carbocycles. The van der Waals surface area contributed by atoms with Crippen LogP contribution in [-0.2, 0) is 0 Å². The minimum atomic E-state index is 0.898. The highest BCUT2D eigenvalue weighted by Crippen LogP contribution is 2.32. The molecule has 0 aliphatic heterocycles. The Hall–Kier alpha value is -1.74. The lowest BCUT2D eigenvalue weighted by atomic mass is 9.98. The number of hydrogen-bond donors (Lipinski definition) is 0. The summed E-state index contributed by atoms with van der Waals surface area (Å²) in [5.41, 5.74) is 5.59. The summed E-state index contributed by atoms with van der Waals surface area (Å²) in [5, 5.41) is 0. The second-order valence-corrected chi connectivity index (χ2v) is 4.53. The van der Waals surface area contributed by atoms with Crippen LogP contribution in [0.4, 0.5) is 0 Å². The Bertz CT molecular complexity index is 495. The van der Waals surface area contributed by atoms with E-state index in [9.17, 15) is 0 Å². The van der Waals surface area contributed by atoms with Crippen molar-refractivity contribution in [3.63, 3.8) is 0 Å². The van der Waals surface area contributed by atoms with Gasteiger partial charge in [0.15, 0.2) is 0 Å². The van der Waals surface area contributed by atoms with Gasteiger partial charge in [-0.25, -0.2) is 0 Å². The van der Waals surface area contributed by atoms with Gasteiger partial charge >= 0.3 is 0 Å². The van der Waals surface area contributed by atoms with Gasteiger partial charge < -0.3 is 0 Å². The molecule has 0 radical (unpaired) electrons. The van der Waals surface area contributed by atoms with Crippen molar-refractivity contribution in [1.29, 1.82) is 0 Å². The first-order chi connectivity index (χ1) is 8.33. The van der Waals surface area contributed by atoms with E-state index in [0.29, 0.717) is 0 Å². The molecule has 0 saturated heterocycles. The SMILES string of the molecule is C#CCCCCC(C)=C1C=Cc2ccccc21. The van der Waals surface area contributed by atoms with E-state index in [1.165, 1.54) is 28.7 Å². The topological polar surface area (TPSA) is 0 Å². The number of fused-ring (bicyclic) bond motifs is 1. The smallest absolute Gasteiger partial charge is 0.00861 e. The molecule has 86 valence electrons. The average Bonchev–Trinajstić information content (AvgIpc) is 2.78. The van der Waals surface area contributed by atoms with E-state index >= 15 is 0 Å². The highest BCUT2D eigenvalue weighted by Gasteiger charge is 2.11. The zero-order chi connectivity index (χ0) is 12.1. The molecule has 0 saturated carbocycles. The van der Waals surface area contributed by atoms with E-state index in [4.69, 9.17) is 6.42 Å². The maximum atomic E-state index is 5.26. The summed E-state index contributed by atoms with van der Waals surface area (Å²) in [4.78, 5) is 0. The Morgan fingerprint density at radius 2 is 2.00 bits per heavy atom. The summed E-state index contributed by atoms with van der Waals surface area (Å²) in [6, 6.07) is 8.58. The van der Waals surface area contributed by atoms with Crippen LogP contribution in [0.15, 0.2) is 35.9 Å². The predicted molar refractivity (Wildman–Crippen MR) is 75.4 cm³/mol. The Morgan fingerprint density at radius 1 is 1.18 bits per heavy atom. The van der Waals surface area contributed by atoms with Crippen LogP contribution in [0.3, 0.4) is 0 Å². The zero-order valence-electron chi connectivity index (χ0n) is 10.4. The van der Waals surface area contributed by atoms with E-state index in [2.05, 4.69) is 49.3 Å². The zero-order valence-corrected chi connectivity index (χ0v) is 10.4. The number of terminal acetylenes is 1. The van der Waals surface area contributed by atoms with Crippen LogP contribution in [-0.4, -0.2) is 0 Å². The fourth-order valence-corrected chi connectivity index (χ4v) is 2.27. The Morgan fingerprint density at radius 3 is 2.82 bits per heavy atom. The fourth-order valence-electron chi connectivity index (χ4n) is 2.27. The van der Waals surface area contributed by atoms with E-state index in [0.717, 1.165) is 19.3 Å². The van der Waals surface area contributed by atoms with Crippen LogP contribution in [0.2, 0.25) is 0 Å². The van der Waals surface area contributed by atoms with Gasteiger partial charge in [-0.05, 0) is 42.9 Å². The van der Waals surface area contributed by atoms with Gasteiger partial charge in [0.2, 0.25) is 0 Å². The number of rotatable bonds is 4. The van der Waals surface area contributed by atoms with Gasteiger partial charge in [-0.15, -0.1) is 12.3 Å². The van der Waals surface area contributed by atoms with Gasteiger partial charge in [-0.3, -0.25) is 0 Å². The van der Waals surface area contributed by atoms with Crippen molar-refractivity contribution in [2.75, 3.05) is 0 Å². The molecule has 0 heteroatoms. The van der Waals surface area contributed by atoms with Crippen molar-refractivity contribution < 1.29 is 0 Å². The molecule has 1 aromatic rings. The van der Waals surface area contributed by atoms with Crippen molar-refractivity contribution in [2.45, 2.75) is 32.6 Å². The lowest BCUT2D eigenvalue weighted by Crippen LogP contribution is -1.86. The summed E-state index contributed by atoms with van der Waals surface area (Å²) in [6.45, 7) is 2.23. The van der Waals surface area contributed by atoms with Crippen LogP contribution in [0.25, 0.3) is 11.6 Å². The van der Waals surface area contributed by atoms with Crippen molar-refractivity contribution in [2.24, 2.45) is 0 Å². The van der Waals surface area contributed by atoms with E-state index in [1.807, 2.05) is 0 Å². The third kappa shape index (κ3) is 2.68. The second-order valence-electron chi connectivity index (χ2n) is 4.53. The molecule has 0 bridgehead atoms. The molecule has 1 aliphatic rings. The molecule has 0 atom stereocenters. The second kappa shape index (κ2) is 5.55. The summed E-state index contributed by atoms with van der Waals surface area (Å²) in [5.74, 6) is 2.70. The van der Waals surface area contributed by atoms with Gasteiger partial charge in [0, 0.05) is 6.42 Å². The minimum absolute atomic E-state index is 0.898. The van der Waals surface area contributed by atoms with Gasteiger partial charge in [0.25, 0.3) is 0 Å². The molecule has 0 nitrogen and oxygen atoms in total. The molecule has 17 heavy (non-hydrogen) atoms. The van der Waals surface area contributed by atoms with E-state index in [1.54, 1.807) is 0 Å². The molecule has 0 spiro atoms. The molecule has 0 amide bonds. The molecule has 0 heterocycles. The normalized spacial score (nSPS) is 15.5. The van der Waals surface area contributed by atoms with Crippen LogP contribution in [0.5, 0.6) is 0 Å². The number of hydrogen-bond acceptors (Lipinski definition) is 0. The quantitative estimate of drug-likeness (QED) is 0.512. The monoisotopic (exact) mass is 222 g/mol.